The second-order valence-electron chi connectivity index (χ2n) is 10.7. The van der Waals surface area contributed by atoms with E-state index in [2.05, 4.69) is 20.9 Å². The lowest BCUT2D eigenvalue weighted by Gasteiger charge is -2.27. The van der Waals surface area contributed by atoms with Gasteiger partial charge in [0.25, 0.3) is 5.91 Å². The first-order valence-electron chi connectivity index (χ1n) is 14.8. The lowest BCUT2D eigenvalue weighted by atomic mass is 10.0. The number of hydrogen-bond donors (Lipinski definition) is 4. The average Bonchev–Trinajstić information content (AvgIpc) is 3.08. The maximum atomic E-state index is 13.3. The van der Waals surface area contributed by atoms with E-state index < -0.39 is 23.9 Å². The van der Waals surface area contributed by atoms with Gasteiger partial charge in [-0.25, -0.2) is 9.78 Å². The number of pyridine rings is 1. The molecule has 1 heterocycles. The van der Waals surface area contributed by atoms with Crippen molar-refractivity contribution < 1.29 is 38.5 Å². The summed E-state index contributed by atoms with van der Waals surface area (Å²) >= 11 is 0. The molecular weight excluding hydrogens is 618 g/mol. The van der Waals surface area contributed by atoms with E-state index in [1.165, 1.54) is 51.6 Å². The van der Waals surface area contributed by atoms with Gasteiger partial charge in [0.2, 0.25) is 5.91 Å². The molecule has 13 nitrogen and oxygen atoms in total. The summed E-state index contributed by atoms with van der Waals surface area (Å²) in [7, 11) is 5.91. The Balaban J connectivity index is 1.41. The maximum absolute atomic E-state index is 13.3. The Labute approximate surface area is 277 Å². The predicted molar refractivity (Wildman–Crippen MR) is 180 cm³/mol. The number of anilines is 3. The molecule has 1 unspecified atom stereocenters. The molecule has 4 amide bonds. The van der Waals surface area contributed by atoms with Crippen LogP contribution in [0.15, 0.2) is 79.0 Å². The quantitative estimate of drug-likeness (QED) is 0.145. The Kier molecular flexibility index (Phi) is 11.5. The molecule has 4 rings (SSSR count). The topological polar surface area (TPSA) is 168 Å². The lowest BCUT2D eigenvalue weighted by Crippen LogP contribution is -2.32. The molecule has 1 aromatic heterocycles. The molecule has 0 bridgehead atoms. The summed E-state index contributed by atoms with van der Waals surface area (Å²) in [6, 6.07) is 18.9. The summed E-state index contributed by atoms with van der Waals surface area (Å²) in [4.78, 5) is 56.1. The number of carbonyl (C=O) groups is 4. The summed E-state index contributed by atoms with van der Waals surface area (Å²) in [5.41, 5.74) is 3.40. The number of carboxylic acid groups (broad SMARTS) is 1. The van der Waals surface area contributed by atoms with Crippen LogP contribution in [0.5, 0.6) is 17.2 Å². The van der Waals surface area contributed by atoms with Crippen LogP contribution in [0.3, 0.4) is 0 Å². The number of aryl methyl sites for hydroxylation is 1. The fraction of sp³-hybridized carbons (Fsp3) is 0.229. The van der Waals surface area contributed by atoms with Crippen molar-refractivity contribution in [2.75, 3.05) is 44.3 Å². The SMILES string of the molecule is COc1cc(CC(=O)Nc2ccc(C(CC(=O)O)N(C)C(=O)c3ccc(OC)c(OC)c3)cn2)ccc1NC(=O)Nc1ccccc1C. The number of carbonyl (C=O) groups excluding carboxylic acids is 3. The van der Waals surface area contributed by atoms with Gasteiger partial charge in [-0.2, -0.15) is 0 Å². The van der Waals surface area contributed by atoms with Gasteiger partial charge in [-0.15, -0.1) is 0 Å². The van der Waals surface area contributed by atoms with Crippen LogP contribution in [0.2, 0.25) is 0 Å². The van der Waals surface area contributed by atoms with Gasteiger partial charge in [0.05, 0.1) is 45.9 Å². The fourth-order valence-electron chi connectivity index (χ4n) is 4.94. The molecule has 0 saturated carbocycles. The highest BCUT2D eigenvalue weighted by molar-refractivity contribution is 6.01. The van der Waals surface area contributed by atoms with E-state index >= 15 is 0 Å². The number of aromatic nitrogens is 1. The molecule has 0 fully saturated rings. The zero-order valence-corrected chi connectivity index (χ0v) is 27.2. The highest BCUT2D eigenvalue weighted by atomic mass is 16.5. The molecule has 0 aliphatic rings. The van der Waals surface area contributed by atoms with Gasteiger partial charge in [-0.3, -0.25) is 14.4 Å². The summed E-state index contributed by atoms with van der Waals surface area (Å²) in [5, 5.41) is 17.9. The molecule has 0 radical (unpaired) electrons. The molecule has 250 valence electrons. The number of benzene rings is 3. The monoisotopic (exact) mass is 655 g/mol. The molecule has 4 N–H and O–H groups in total. The molecule has 3 aromatic carbocycles. The van der Waals surface area contributed by atoms with Crippen molar-refractivity contribution in [1.82, 2.24) is 9.88 Å². The third-order valence-corrected chi connectivity index (χ3v) is 7.50. The summed E-state index contributed by atoms with van der Waals surface area (Å²) < 4.78 is 16.0. The average molecular weight is 656 g/mol. The number of carboxylic acids is 1. The number of methoxy groups -OCH3 is 3. The van der Waals surface area contributed by atoms with Gasteiger partial charge in [-0.05, 0) is 66.1 Å². The van der Waals surface area contributed by atoms with Crippen LogP contribution in [0.4, 0.5) is 22.0 Å². The largest absolute Gasteiger partial charge is 0.495 e. The van der Waals surface area contributed by atoms with Crippen molar-refractivity contribution in [2.45, 2.75) is 25.8 Å². The van der Waals surface area contributed by atoms with E-state index in [9.17, 15) is 24.3 Å². The number of nitrogens with one attached hydrogen (secondary N) is 3. The van der Waals surface area contributed by atoms with E-state index in [1.54, 1.807) is 42.5 Å². The molecule has 48 heavy (non-hydrogen) atoms. The summed E-state index contributed by atoms with van der Waals surface area (Å²) in [5.74, 6) is -0.467. The number of hydrogen-bond acceptors (Lipinski definition) is 8. The molecule has 0 aliphatic heterocycles. The number of para-hydroxylation sites is 1. The first kappa shape index (κ1) is 34.8. The second kappa shape index (κ2) is 15.9. The minimum absolute atomic E-state index is 0.0142. The molecule has 0 aliphatic carbocycles. The Morgan fingerprint density at radius 2 is 1.52 bits per heavy atom. The van der Waals surface area contributed by atoms with Crippen molar-refractivity contribution in [1.29, 1.82) is 0 Å². The Morgan fingerprint density at radius 3 is 2.17 bits per heavy atom. The van der Waals surface area contributed by atoms with Gasteiger partial charge in [-0.1, -0.05) is 30.3 Å². The number of ether oxygens (including phenoxy) is 3. The van der Waals surface area contributed by atoms with E-state index in [0.29, 0.717) is 39.8 Å². The third-order valence-electron chi connectivity index (χ3n) is 7.50. The van der Waals surface area contributed by atoms with Gasteiger partial charge in [0, 0.05) is 24.5 Å². The van der Waals surface area contributed by atoms with Crippen molar-refractivity contribution in [2.24, 2.45) is 0 Å². The first-order chi connectivity index (χ1) is 23.0. The van der Waals surface area contributed by atoms with Crippen LogP contribution >= 0.6 is 0 Å². The highest BCUT2D eigenvalue weighted by Crippen LogP contribution is 2.31. The minimum atomic E-state index is -1.10. The predicted octanol–water partition coefficient (Wildman–Crippen LogP) is 5.53. The van der Waals surface area contributed by atoms with Crippen molar-refractivity contribution in [3.63, 3.8) is 0 Å². The Bertz CT molecular complexity index is 1790. The number of rotatable bonds is 13. The van der Waals surface area contributed by atoms with Gasteiger partial charge in [0.15, 0.2) is 11.5 Å². The molecule has 1 atom stereocenters. The van der Waals surface area contributed by atoms with E-state index in [-0.39, 0.29) is 30.1 Å². The number of nitrogens with zero attached hydrogens (tertiary/aromatic N) is 2. The van der Waals surface area contributed by atoms with Gasteiger partial charge >= 0.3 is 12.0 Å². The lowest BCUT2D eigenvalue weighted by molar-refractivity contribution is -0.138. The molecule has 4 aromatic rings. The van der Waals surface area contributed by atoms with Gasteiger partial charge < -0.3 is 40.2 Å². The molecule has 0 saturated heterocycles. The minimum Gasteiger partial charge on any atom is -0.495 e. The third kappa shape index (κ3) is 8.78. The highest BCUT2D eigenvalue weighted by Gasteiger charge is 2.26. The van der Waals surface area contributed by atoms with Crippen LogP contribution < -0.4 is 30.2 Å². The van der Waals surface area contributed by atoms with E-state index in [0.717, 1.165) is 5.56 Å². The van der Waals surface area contributed by atoms with Crippen LogP contribution in [0.1, 0.15) is 39.5 Å². The molecule has 0 spiro atoms. The summed E-state index contributed by atoms with van der Waals surface area (Å²) in [6.07, 6.45) is 1.04. The first-order valence-corrected chi connectivity index (χ1v) is 14.8. The zero-order valence-electron chi connectivity index (χ0n) is 27.2. The van der Waals surface area contributed by atoms with Gasteiger partial charge in [0.1, 0.15) is 11.6 Å². The van der Waals surface area contributed by atoms with Crippen molar-refractivity contribution in [3.8, 4) is 17.2 Å². The Hall–Kier alpha value is -6.11. The van der Waals surface area contributed by atoms with Crippen LogP contribution in [-0.2, 0) is 16.0 Å². The zero-order chi connectivity index (χ0) is 34.8. The molecule has 13 heteroatoms. The van der Waals surface area contributed by atoms with Crippen LogP contribution in [0, 0.1) is 6.92 Å². The summed E-state index contributed by atoms with van der Waals surface area (Å²) in [6.45, 7) is 1.89. The smallest absolute Gasteiger partial charge is 0.323 e. The number of aliphatic carboxylic acids is 1. The van der Waals surface area contributed by atoms with E-state index in [1.807, 2.05) is 25.1 Å². The number of urea groups is 1. The number of amides is 4. The maximum Gasteiger partial charge on any atom is 0.323 e. The Morgan fingerprint density at radius 1 is 0.812 bits per heavy atom. The second-order valence-corrected chi connectivity index (χ2v) is 10.7. The fourth-order valence-corrected chi connectivity index (χ4v) is 4.94. The molecular formula is C35H37N5O8. The standard InChI is InChI=1S/C35H37N5O8/c1-21-8-6-7-9-25(21)37-35(45)38-26-13-10-22(16-29(26)47-4)17-32(41)39-31-15-12-24(20-36-31)27(19-33(42)43)40(2)34(44)23-11-14-28(46-3)30(18-23)48-5/h6-16,18,20,27H,17,19H2,1-5H3,(H,42,43)(H,36,39,41)(H2,37,38,45). The van der Waals surface area contributed by atoms with Crippen molar-refractivity contribution in [3.05, 3.63) is 101 Å². The normalized spacial score (nSPS) is 11.1. The van der Waals surface area contributed by atoms with Crippen LogP contribution in [0.25, 0.3) is 0 Å². The van der Waals surface area contributed by atoms with E-state index in [4.69, 9.17) is 14.2 Å². The van der Waals surface area contributed by atoms with Crippen LogP contribution in [-0.4, -0.2) is 67.2 Å². The van der Waals surface area contributed by atoms with Crippen molar-refractivity contribution >= 4 is 41.0 Å².